The molecule has 10 nitrogen and oxygen atoms in total. The second-order valence-electron chi connectivity index (χ2n) is 10.0. The summed E-state index contributed by atoms with van der Waals surface area (Å²) in [6, 6.07) is 3.70. The Kier molecular flexibility index (Phi) is 6.36. The fourth-order valence-electron chi connectivity index (χ4n) is 4.67. The van der Waals surface area contributed by atoms with Crippen LogP contribution >= 0.6 is 0 Å². The Labute approximate surface area is 214 Å². The first kappa shape index (κ1) is 25.7. The van der Waals surface area contributed by atoms with E-state index in [1.54, 1.807) is 0 Å². The van der Waals surface area contributed by atoms with Crippen LogP contribution in [0.4, 0.5) is 13.2 Å². The maximum Gasteiger partial charge on any atom is 0.455 e. The van der Waals surface area contributed by atoms with Crippen LogP contribution in [0.1, 0.15) is 64.4 Å². The molecule has 3 fully saturated rings. The Morgan fingerprint density at radius 3 is 2.53 bits per heavy atom. The fourth-order valence-corrected chi connectivity index (χ4v) is 4.67. The average Bonchev–Trinajstić information content (AvgIpc) is 3.81. The van der Waals surface area contributed by atoms with E-state index in [0.717, 1.165) is 28.3 Å². The van der Waals surface area contributed by atoms with Crippen molar-refractivity contribution >= 4 is 29.4 Å². The van der Waals surface area contributed by atoms with E-state index in [-0.39, 0.29) is 47.6 Å². The van der Waals surface area contributed by atoms with Gasteiger partial charge in [-0.2, -0.15) is 28.0 Å². The van der Waals surface area contributed by atoms with E-state index in [1.165, 1.54) is 18.0 Å². The largest absolute Gasteiger partial charge is 0.474 e. The first-order valence-electron chi connectivity index (χ1n) is 12.3. The molecule has 3 heterocycles. The SMILES string of the molecule is CN(CC(=O)N1CC(C=O)CC1C#N)C(=O)c1cc(OC2CC2)n2nc(C3CC3)c(C(=O)C(F)(F)F)c2c1. The fraction of sp³-hybridized carbons (Fsp3) is 0.520. The number of fused-ring (bicyclic) bond motifs is 1. The van der Waals surface area contributed by atoms with Gasteiger partial charge in [0, 0.05) is 37.1 Å². The van der Waals surface area contributed by atoms with Crippen LogP contribution in [0.3, 0.4) is 0 Å². The topological polar surface area (TPSA) is 125 Å². The van der Waals surface area contributed by atoms with Gasteiger partial charge < -0.3 is 19.3 Å². The van der Waals surface area contributed by atoms with Gasteiger partial charge >= 0.3 is 6.18 Å². The van der Waals surface area contributed by atoms with Crippen LogP contribution in [0.5, 0.6) is 5.88 Å². The van der Waals surface area contributed by atoms with Crippen LogP contribution in [0.25, 0.3) is 5.52 Å². The minimum absolute atomic E-state index is 0.0300. The van der Waals surface area contributed by atoms with Gasteiger partial charge in [0.25, 0.3) is 11.7 Å². The molecule has 200 valence electrons. The zero-order valence-electron chi connectivity index (χ0n) is 20.4. The number of hydrogen-bond acceptors (Lipinski definition) is 7. The molecule has 38 heavy (non-hydrogen) atoms. The zero-order valence-corrected chi connectivity index (χ0v) is 20.4. The number of likely N-dealkylation sites (tertiary alicyclic amines) is 1. The lowest BCUT2D eigenvalue weighted by Crippen LogP contribution is -2.43. The van der Waals surface area contributed by atoms with Gasteiger partial charge in [-0.15, -0.1) is 0 Å². The highest BCUT2D eigenvalue weighted by molar-refractivity contribution is 6.08. The van der Waals surface area contributed by atoms with E-state index in [1.807, 2.05) is 6.07 Å². The molecule has 5 rings (SSSR count). The molecule has 2 aromatic rings. The molecule has 1 aliphatic heterocycles. The summed E-state index contributed by atoms with van der Waals surface area (Å²) in [5.74, 6) is -3.99. The molecule has 3 aliphatic rings. The van der Waals surface area contributed by atoms with Gasteiger partial charge in [0.2, 0.25) is 11.8 Å². The maximum atomic E-state index is 13.5. The Morgan fingerprint density at radius 2 is 1.95 bits per heavy atom. The Hall–Kier alpha value is -3.95. The Bertz CT molecular complexity index is 1370. The Morgan fingerprint density at radius 1 is 1.24 bits per heavy atom. The van der Waals surface area contributed by atoms with Crippen LogP contribution < -0.4 is 4.74 Å². The third-order valence-electron chi connectivity index (χ3n) is 6.95. The number of ether oxygens (including phenoxy) is 1. The predicted octanol–water partition coefficient (Wildman–Crippen LogP) is 2.51. The van der Waals surface area contributed by atoms with E-state index in [0.29, 0.717) is 19.1 Å². The van der Waals surface area contributed by atoms with Gasteiger partial charge in [0.1, 0.15) is 18.4 Å². The van der Waals surface area contributed by atoms with Crippen LogP contribution in [0.2, 0.25) is 0 Å². The minimum atomic E-state index is -5.14. The number of amides is 2. The van der Waals surface area contributed by atoms with Crippen molar-refractivity contribution in [1.29, 1.82) is 5.26 Å². The van der Waals surface area contributed by atoms with E-state index in [2.05, 4.69) is 5.10 Å². The molecular formula is C25H24F3N5O5. The third-order valence-corrected chi connectivity index (χ3v) is 6.95. The highest BCUT2D eigenvalue weighted by Crippen LogP contribution is 2.44. The van der Waals surface area contributed by atoms with Gasteiger partial charge in [0.15, 0.2) is 0 Å². The lowest BCUT2D eigenvalue weighted by Gasteiger charge is -2.24. The summed E-state index contributed by atoms with van der Waals surface area (Å²) in [4.78, 5) is 52.1. The molecular weight excluding hydrogens is 507 g/mol. The van der Waals surface area contributed by atoms with Crippen molar-refractivity contribution in [3.8, 4) is 11.9 Å². The number of likely N-dealkylation sites (N-methyl/N-ethyl adjacent to an activating group) is 1. The average molecular weight is 531 g/mol. The standard InChI is InChI=1S/C25H24F3N5O5/c1-31(11-19(35)32-10-13(12-34)6-16(32)9-29)24(37)15-7-18-21(23(36)25(26,27)28)22(14-2-3-14)30-33(18)20(8-15)38-17-4-5-17/h7-8,12-14,16-17H,2-6,10-11H2,1H3. The summed E-state index contributed by atoms with van der Waals surface area (Å²) < 4.78 is 47.6. The van der Waals surface area contributed by atoms with Gasteiger partial charge in [-0.05, 0) is 38.2 Å². The van der Waals surface area contributed by atoms with Gasteiger partial charge in [-0.25, -0.2) is 0 Å². The molecule has 0 radical (unpaired) electrons. The normalized spacial score (nSPS) is 21.3. The molecule has 13 heteroatoms. The number of ketones is 1. The van der Waals surface area contributed by atoms with Gasteiger partial charge in [0.05, 0.1) is 29.4 Å². The molecule has 0 spiro atoms. The molecule has 2 atom stereocenters. The van der Waals surface area contributed by atoms with E-state index in [4.69, 9.17) is 4.74 Å². The molecule has 2 aliphatic carbocycles. The van der Waals surface area contributed by atoms with Gasteiger partial charge in [-0.3, -0.25) is 14.4 Å². The zero-order chi connectivity index (χ0) is 27.4. The van der Waals surface area contributed by atoms with Crippen molar-refractivity contribution in [2.24, 2.45) is 5.92 Å². The van der Waals surface area contributed by atoms with Crippen molar-refractivity contribution in [1.82, 2.24) is 19.4 Å². The molecule has 2 saturated carbocycles. The summed E-state index contributed by atoms with van der Waals surface area (Å²) >= 11 is 0. The number of aromatic nitrogens is 2. The van der Waals surface area contributed by atoms with Crippen molar-refractivity contribution in [3.63, 3.8) is 0 Å². The molecule has 2 aromatic heterocycles. The number of pyridine rings is 1. The van der Waals surface area contributed by atoms with Crippen molar-refractivity contribution in [2.45, 2.75) is 56.3 Å². The summed E-state index contributed by atoms with van der Waals surface area (Å²) in [7, 11) is 1.34. The molecule has 2 amide bonds. The second-order valence-corrected chi connectivity index (χ2v) is 10.0. The number of rotatable bonds is 8. The first-order chi connectivity index (χ1) is 18.0. The first-order valence-corrected chi connectivity index (χ1v) is 12.3. The summed E-state index contributed by atoms with van der Waals surface area (Å²) in [6.45, 7) is -0.357. The van der Waals surface area contributed by atoms with E-state index in [9.17, 15) is 37.6 Å². The van der Waals surface area contributed by atoms with Crippen LogP contribution in [0.15, 0.2) is 12.1 Å². The van der Waals surface area contributed by atoms with Crippen molar-refractivity contribution in [3.05, 3.63) is 29.0 Å². The highest BCUT2D eigenvalue weighted by Gasteiger charge is 2.45. The van der Waals surface area contributed by atoms with Crippen LogP contribution in [-0.2, 0) is 9.59 Å². The highest BCUT2D eigenvalue weighted by atomic mass is 19.4. The lowest BCUT2D eigenvalue weighted by atomic mass is 10.0. The summed E-state index contributed by atoms with van der Waals surface area (Å²) in [6.07, 6.45) is -1.76. The number of Topliss-reactive ketones (excluding diaryl/α,β-unsaturated/α-hetero) is 1. The third kappa shape index (κ3) is 4.82. The molecule has 0 bridgehead atoms. The minimum Gasteiger partial charge on any atom is -0.474 e. The lowest BCUT2D eigenvalue weighted by molar-refractivity contribution is -0.131. The molecule has 1 saturated heterocycles. The smallest absolute Gasteiger partial charge is 0.455 e. The maximum absolute atomic E-state index is 13.5. The summed E-state index contributed by atoms with van der Waals surface area (Å²) in [5.41, 5.74) is -0.829. The quantitative estimate of drug-likeness (QED) is 0.379. The number of nitriles is 1. The molecule has 0 aromatic carbocycles. The van der Waals surface area contributed by atoms with E-state index < -0.39 is 47.8 Å². The molecule has 2 unspecified atom stereocenters. The molecule has 0 N–H and O–H groups in total. The predicted molar refractivity (Wildman–Crippen MR) is 123 cm³/mol. The Balaban J connectivity index is 1.49. The van der Waals surface area contributed by atoms with Crippen molar-refractivity contribution < 1.29 is 37.1 Å². The number of carbonyl (C=O) groups excluding carboxylic acids is 4. The van der Waals surface area contributed by atoms with Crippen LogP contribution in [-0.4, -0.2) is 81.8 Å². The number of aldehydes is 1. The number of carbonyl (C=O) groups is 4. The number of halogens is 3. The monoisotopic (exact) mass is 531 g/mol. The number of alkyl halides is 3. The van der Waals surface area contributed by atoms with Crippen LogP contribution in [0, 0.1) is 17.2 Å². The van der Waals surface area contributed by atoms with E-state index >= 15 is 0 Å². The second kappa shape index (κ2) is 9.41. The summed E-state index contributed by atoms with van der Waals surface area (Å²) in [5, 5.41) is 13.6. The number of nitrogens with zero attached hydrogens (tertiary/aromatic N) is 5. The van der Waals surface area contributed by atoms with Crippen molar-refractivity contribution in [2.75, 3.05) is 20.1 Å². The number of hydrogen-bond donors (Lipinski definition) is 0. The van der Waals surface area contributed by atoms with Gasteiger partial charge in [-0.1, -0.05) is 0 Å².